The minimum Gasteiger partial charge on any atom is -0.326 e. The molecular weight excluding hydrogens is 322 g/mol. The Bertz CT molecular complexity index is 854. The first kappa shape index (κ1) is 16.3. The number of nitrogens with one attached hydrogen (secondary N) is 1. The third-order valence-corrected chi connectivity index (χ3v) is 4.35. The average Bonchev–Trinajstić information content (AvgIpc) is 2.84. The Morgan fingerprint density at radius 1 is 1.08 bits per heavy atom. The van der Waals surface area contributed by atoms with Gasteiger partial charge in [-0.3, -0.25) is 4.79 Å². The van der Waals surface area contributed by atoms with Crippen molar-refractivity contribution < 1.29 is 4.79 Å². The van der Waals surface area contributed by atoms with Crippen molar-refractivity contribution in [1.29, 1.82) is 0 Å². The molecule has 122 valence electrons. The van der Waals surface area contributed by atoms with Crippen LogP contribution in [0, 0.1) is 13.8 Å². The summed E-state index contributed by atoms with van der Waals surface area (Å²) in [4.78, 5) is 12.1. The molecule has 0 spiro atoms. The molecule has 24 heavy (non-hydrogen) atoms. The summed E-state index contributed by atoms with van der Waals surface area (Å²) >= 11 is 6.19. The Morgan fingerprint density at radius 2 is 1.75 bits per heavy atom. The number of rotatable bonds is 4. The minimum atomic E-state index is -0.0388. The highest BCUT2D eigenvalue weighted by Gasteiger charge is 2.11. The lowest BCUT2D eigenvalue weighted by molar-refractivity contribution is -0.115. The van der Waals surface area contributed by atoms with E-state index < -0.39 is 0 Å². The fraction of sp³-hybridized carbons (Fsp3) is 0.158. The quantitative estimate of drug-likeness (QED) is 0.769. The number of aryl methyl sites for hydroxylation is 1. The number of nitrogens with zero attached hydrogens (tertiary/aromatic N) is 2. The van der Waals surface area contributed by atoms with Gasteiger partial charge in [-0.15, -0.1) is 0 Å². The molecule has 0 unspecified atom stereocenters. The summed E-state index contributed by atoms with van der Waals surface area (Å²) in [5, 5.41) is 8.01. The smallest absolute Gasteiger partial charge is 0.228 e. The molecule has 3 rings (SSSR count). The Balaban J connectivity index is 1.70. The second-order valence-electron chi connectivity index (χ2n) is 5.65. The second kappa shape index (κ2) is 6.89. The predicted octanol–water partition coefficient (Wildman–Crippen LogP) is 4.32. The summed E-state index contributed by atoms with van der Waals surface area (Å²) < 4.78 is 1.80. The number of carbonyl (C=O) groups is 1. The molecule has 0 saturated heterocycles. The van der Waals surface area contributed by atoms with E-state index in [1.54, 1.807) is 4.68 Å². The van der Waals surface area contributed by atoms with E-state index in [1.165, 1.54) is 0 Å². The van der Waals surface area contributed by atoms with Gasteiger partial charge in [0.05, 0.1) is 28.5 Å². The molecule has 0 atom stereocenters. The summed E-state index contributed by atoms with van der Waals surface area (Å²) in [6.45, 7) is 3.81. The van der Waals surface area contributed by atoms with Crippen molar-refractivity contribution in [3.63, 3.8) is 0 Å². The molecule has 0 bridgehead atoms. The van der Waals surface area contributed by atoms with Crippen LogP contribution >= 0.6 is 11.6 Å². The molecule has 4 nitrogen and oxygen atoms in total. The van der Waals surface area contributed by atoms with Gasteiger partial charge in [-0.2, -0.15) is 5.10 Å². The Labute approximate surface area is 146 Å². The van der Waals surface area contributed by atoms with E-state index >= 15 is 0 Å². The monoisotopic (exact) mass is 339 g/mol. The lowest BCUT2D eigenvalue weighted by Gasteiger charge is -2.08. The van der Waals surface area contributed by atoms with Crippen molar-refractivity contribution >= 4 is 23.2 Å². The number of benzene rings is 2. The topological polar surface area (TPSA) is 46.9 Å². The van der Waals surface area contributed by atoms with Crippen LogP contribution < -0.4 is 5.32 Å². The summed E-state index contributed by atoms with van der Waals surface area (Å²) in [7, 11) is 0. The van der Waals surface area contributed by atoms with Gasteiger partial charge in [0.2, 0.25) is 5.91 Å². The van der Waals surface area contributed by atoms with Crippen LogP contribution in [0.15, 0.2) is 54.6 Å². The molecule has 1 amide bonds. The fourth-order valence-electron chi connectivity index (χ4n) is 2.55. The standard InChI is InChI=1S/C19H18ClN3O/c1-13-19(20)14(2)23(22-13)17-10-8-16(9-11-17)21-18(24)12-15-6-4-3-5-7-15/h3-11H,12H2,1-2H3,(H,21,24). The molecule has 3 aromatic rings. The van der Waals surface area contributed by atoms with Crippen LogP contribution in [0.2, 0.25) is 5.02 Å². The maximum absolute atomic E-state index is 12.1. The van der Waals surface area contributed by atoms with E-state index in [2.05, 4.69) is 10.4 Å². The Morgan fingerprint density at radius 3 is 2.33 bits per heavy atom. The van der Waals surface area contributed by atoms with E-state index in [1.807, 2.05) is 68.4 Å². The predicted molar refractivity (Wildman–Crippen MR) is 96.8 cm³/mol. The van der Waals surface area contributed by atoms with Crippen molar-refractivity contribution in [2.75, 3.05) is 5.32 Å². The number of aromatic nitrogens is 2. The van der Waals surface area contributed by atoms with E-state index in [9.17, 15) is 4.79 Å². The highest BCUT2D eigenvalue weighted by molar-refractivity contribution is 6.31. The SMILES string of the molecule is Cc1nn(-c2ccc(NC(=O)Cc3ccccc3)cc2)c(C)c1Cl. The Kier molecular flexibility index (Phi) is 4.67. The van der Waals surface area contributed by atoms with Gasteiger partial charge in [0.25, 0.3) is 0 Å². The largest absolute Gasteiger partial charge is 0.326 e. The first-order chi connectivity index (χ1) is 11.5. The van der Waals surface area contributed by atoms with Crippen molar-refractivity contribution in [3.05, 3.63) is 76.6 Å². The van der Waals surface area contributed by atoms with Gasteiger partial charge in [0.1, 0.15) is 0 Å². The van der Waals surface area contributed by atoms with E-state index in [0.717, 1.165) is 28.3 Å². The van der Waals surface area contributed by atoms with Crippen LogP contribution in [0.4, 0.5) is 5.69 Å². The lowest BCUT2D eigenvalue weighted by atomic mass is 10.1. The first-order valence-electron chi connectivity index (χ1n) is 7.70. The third kappa shape index (κ3) is 3.49. The lowest BCUT2D eigenvalue weighted by Crippen LogP contribution is -2.14. The fourth-order valence-corrected chi connectivity index (χ4v) is 2.67. The molecule has 0 saturated carbocycles. The molecule has 5 heteroatoms. The number of hydrogen-bond acceptors (Lipinski definition) is 2. The zero-order valence-corrected chi connectivity index (χ0v) is 14.3. The number of anilines is 1. The van der Waals surface area contributed by atoms with Gasteiger partial charge < -0.3 is 5.32 Å². The van der Waals surface area contributed by atoms with Crippen molar-refractivity contribution in [3.8, 4) is 5.69 Å². The molecular formula is C19H18ClN3O. The number of hydrogen-bond donors (Lipinski definition) is 1. The summed E-state index contributed by atoms with van der Waals surface area (Å²) in [6.07, 6.45) is 0.357. The maximum atomic E-state index is 12.1. The summed E-state index contributed by atoms with van der Waals surface area (Å²) in [5.41, 5.74) is 4.35. The van der Waals surface area contributed by atoms with Gasteiger partial charge in [0.15, 0.2) is 0 Å². The van der Waals surface area contributed by atoms with E-state index in [-0.39, 0.29) is 5.91 Å². The highest BCUT2D eigenvalue weighted by Crippen LogP contribution is 2.23. The van der Waals surface area contributed by atoms with Gasteiger partial charge in [0, 0.05) is 5.69 Å². The molecule has 0 aliphatic heterocycles. The summed E-state index contributed by atoms with van der Waals surface area (Å²) in [5.74, 6) is -0.0388. The maximum Gasteiger partial charge on any atom is 0.228 e. The second-order valence-corrected chi connectivity index (χ2v) is 6.03. The first-order valence-corrected chi connectivity index (χ1v) is 8.08. The van der Waals surface area contributed by atoms with Crippen LogP contribution in [0.3, 0.4) is 0 Å². The number of halogens is 1. The molecule has 2 aromatic carbocycles. The number of carbonyl (C=O) groups excluding carboxylic acids is 1. The van der Waals surface area contributed by atoms with Crippen molar-refractivity contribution in [2.24, 2.45) is 0 Å². The van der Waals surface area contributed by atoms with Crippen LogP contribution in [-0.4, -0.2) is 15.7 Å². The number of amides is 1. The van der Waals surface area contributed by atoms with Crippen LogP contribution in [0.5, 0.6) is 0 Å². The van der Waals surface area contributed by atoms with Gasteiger partial charge >= 0.3 is 0 Å². The minimum absolute atomic E-state index is 0.0388. The molecule has 1 N–H and O–H groups in total. The molecule has 0 radical (unpaired) electrons. The molecule has 0 aliphatic rings. The summed E-state index contributed by atoms with van der Waals surface area (Å²) in [6, 6.07) is 17.2. The van der Waals surface area contributed by atoms with Crippen LogP contribution in [-0.2, 0) is 11.2 Å². The van der Waals surface area contributed by atoms with E-state index in [4.69, 9.17) is 11.6 Å². The molecule has 1 aromatic heterocycles. The van der Waals surface area contributed by atoms with Gasteiger partial charge in [-0.25, -0.2) is 4.68 Å². The van der Waals surface area contributed by atoms with Gasteiger partial charge in [-0.1, -0.05) is 41.9 Å². The average molecular weight is 340 g/mol. The van der Waals surface area contributed by atoms with Crippen molar-refractivity contribution in [2.45, 2.75) is 20.3 Å². The zero-order valence-electron chi connectivity index (χ0n) is 13.6. The van der Waals surface area contributed by atoms with Crippen LogP contribution in [0.25, 0.3) is 5.69 Å². The third-order valence-electron chi connectivity index (χ3n) is 3.81. The molecule has 0 fully saturated rings. The Hall–Kier alpha value is -2.59. The van der Waals surface area contributed by atoms with E-state index in [0.29, 0.717) is 11.4 Å². The zero-order chi connectivity index (χ0) is 17.1. The highest BCUT2D eigenvalue weighted by atomic mass is 35.5. The normalized spacial score (nSPS) is 10.6. The van der Waals surface area contributed by atoms with Crippen LogP contribution in [0.1, 0.15) is 17.0 Å². The molecule has 1 heterocycles. The van der Waals surface area contributed by atoms with Gasteiger partial charge in [-0.05, 0) is 43.7 Å². The molecule has 0 aliphatic carbocycles. The van der Waals surface area contributed by atoms with Crippen molar-refractivity contribution in [1.82, 2.24) is 9.78 Å².